The highest BCUT2D eigenvalue weighted by Crippen LogP contribution is 2.27. The summed E-state index contributed by atoms with van der Waals surface area (Å²) in [5.74, 6) is -0.710. The average molecular weight is 340 g/mol. The van der Waals surface area contributed by atoms with E-state index in [2.05, 4.69) is 22.9 Å². The third-order valence-corrected chi connectivity index (χ3v) is 4.45. The van der Waals surface area contributed by atoms with Crippen molar-refractivity contribution in [3.05, 3.63) is 34.3 Å². The summed E-state index contributed by atoms with van der Waals surface area (Å²) in [5, 5.41) is 9.36. The molecule has 1 saturated heterocycles. The van der Waals surface area contributed by atoms with Gasteiger partial charge in [0.25, 0.3) is 5.91 Å². The third-order valence-electron chi connectivity index (χ3n) is 3.93. The molecule has 1 N–H and O–H groups in total. The SMILES string of the molecule is CCC1CCN(C(=O)c2ccc(Br)cc2)C(C(=O)O)C1. The van der Waals surface area contributed by atoms with Crippen LogP contribution in [0.25, 0.3) is 0 Å². The molecule has 2 rings (SSSR count). The van der Waals surface area contributed by atoms with Crippen molar-refractivity contribution < 1.29 is 14.7 Å². The van der Waals surface area contributed by atoms with Crippen LogP contribution >= 0.6 is 15.9 Å². The lowest BCUT2D eigenvalue weighted by Crippen LogP contribution is -2.50. The minimum Gasteiger partial charge on any atom is -0.480 e. The fourth-order valence-corrected chi connectivity index (χ4v) is 2.91. The van der Waals surface area contributed by atoms with Gasteiger partial charge in [-0.05, 0) is 43.0 Å². The second kappa shape index (κ2) is 6.39. The van der Waals surface area contributed by atoms with E-state index in [-0.39, 0.29) is 5.91 Å². The topological polar surface area (TPSA) is 57.6 Å². The summed E-state index contributed by atoms with van der Waals surface area (Å²) in [7, 11) is 0. The van der Waals surface area contributed by atoms with Crippen LogP contribution in [0.4, 0.5) is 0 Å². The number of aliphatic carboxylic acids is 1. The van der Waals surface area contributed by atoms with Crippen molar-refractivity contribution in [2.45, 2.75) is 32.2 Å². The minimum absolute atomic E-state index is 0.195. The molecule has 0 bridgehead atoms. The molecule has 0 radical (unpaired) electrons. The maximum atomic E-state index is 12.5. The molecule has 2 atom stereocenters. The van der Waals surface area contributed by atoms with Gasteiger partial charge in [-0.2, -0.15) is 0 Å². The van der Waals surface area contributed by atoms with Gasteiger partial charge in [-0.1, -0.05) is 29.3 Å². The summed E-state index contributed by atoms with van der Waals surface area (Å²) in [5.41, 5.74) is 0.536. The molecule has 1 amide bonds. The van der Waals surface area contributed by atoms with E-state index in [9.17, 15) is 14.7 Å². The monoisotopic (exact) mass is 339 g/mol. The normalized spacial score (nSPS) is 22.6. The van der Waals surface area contributed by atoms with Crippen LogP contribution in [0.2, 0.25) is 0 Å². The van der Waals surface area contributed by atoms with E-state index in [1.54, 1.807) is 24.3 Å². The first-order valence-electron chi connectivity index (χ1n) is 6.82. The Balaban J connectivity index is 2.19. The second-order valence-corrected chi connectivity index (χ2v) is 6.07. The maximum Gasteiger partial charge on any atom is 0.326 e. The summed E-state index contributed by atoms with van der Waals surface area (Å²) >= 11 is 3.32. The zero-order valence-corrected chi connectivity index (χ0v) is 13.0. The Labute approximate surface area is 126 Å². The molecular formula is C15H18BrNO3. The highest BCUT2D eigenvalue weighted by atomic mass is 79.9. The summed E-state index contributed by atoms with van der Waals surface area (Å²) in [4.78, 5) is 25.4. The molecule has 1 aliphatic heterocycles. The highest BCUT2D eigenvalue weighted by Gasteiger charge is 2.35. The van der Waals surface area contributed by atoms with Crippen LogP contribution in [0.5, 0.6) is 0 Å². The Morgan fingerprint density at radius 3 is 2.55 bits per heavy atom. The van der Waals surface area contributed by atoms with Gasteiger partial charge in [0.1, 0.15) is 6.04 Å². The molecule has 1 aromatic carbocycles. The molecular weight excluding hydrogens is 322 g/mol. The number of piperidine rings is 1. The van der Waals surface area contributed by atoms with E-state index in [0.717, 1.165) is 17.3 Å². The highest BCUT2D eigenvalue weighted by molar-refractivity contribution is 9.10. The second-order valence-electron chi connectivity index (χ2n) is 5.16. The first-order valence-corrected chi connectivity index (χ1v) is 7.61. The summed E-state index contributed by atoms with van der Waals surface area (Å²) in [6.45, 7) is 2.58. The molecule has 0 saturated carbocycles. The maximum absolute atomic E-state index is 12.5. The van der Waals surface area contributed by atoms with Gasteiger partial charge in [0.05, 0.1) is 0 Å². The van der Waals surface area contributed by atoms with Crippen molar-refractivity contribution in [1.82, 2.24) is 4.90 Å². The number of hydrogen-bond acceptors (Lipinski definition) is 2. The fraction of sp³-hybridized carbons (Fsp3) is 0.467. The van der Waals surface area contributed by atoms with Crippen LogP contribution in [0.15, 0.2) is 28.7 Å². The van der Waals surface area contributed by atoms with E-state index < -0.39 is 12.0 Å². The Kier molecular flexibility index (Phi) is 4.81. The van der Waals surface area contributed by atoms with Crippen LogP contribution < -0.4 is 0 Å². The number of halogens is 1. The van der Waals surface area contributed by atoms with Gasteiger partial charge in [0.2, 0.25) is 0 Å². The van der Waals surface area contributed by atoms with Crippen molar-refractivity contribution in [2.24, 2.45) is 5.92 Å². The van der Waals surface area contributed by atoms with Gasteiger partial charge in [-0.3, -0.25) is 4.79 Å². The molecule has 1 aromatic rings. The Hall–Kier alpha value is -1.36. The number of amides is 1. The summed E-state index contributed by atoms with van der Waals surface area (Å²) in [6.07, 6.45) is 2.39. The van der Waals surface area contributed by atoms with E-state index in [1.807, 2.05) is 0 Å². The smallest absolute Gasteiger partial charge is 0.326 e. The lowest BCUT2D eigenvalue weighted by molar-refractivity contribution is -0.144. The molecule has 2 unspecified atom stereocenters. The average Bonchev–Trinajstić information content (AvgIpc) is 2.46. The zero-order valence-electron chi connectivity index (χ0n) is 11.4. The number of benzene rings is 1. The number of nitrogens with zero attached hydrogens (tertiary/aromatic N) is 1. The molecule has 0 aliphatic carbocycles. The van der Waals surface area contributed by atoms with E-state index in [0.29, 0.717) is 24.4 Å². The van der Waals surface area contributed by atoms with Gasteiger partial charge in [0.15, 0.2) is 0 Å². The molecule has 0 spiro atoms. The summed E-state index contributed by atoms with van der Waals surface area (Å²) < 4.78 is 0.897. The van der Waals surface area contributed by atoms with Gasteiger partial charge in [-0.25, -0.2) is 4.79 Å². The van der Waals surface area contributed by atoms with E-state index in [4.69, 9.17) is 0 Å². The quantitative estimate of drug-likeness (QED) is 0.920. The van der Waals surface area contributed by atoms with Crippen molar-refractivity contribution in [3.8, 4) is 0 Å². The molecule has 1 fully saturated rings. The molecule has 0 aromatic heterocycles. The van der Waals surface area contributed by atoms with E-state index >= 15 is 0 Å². The predicted molar refractivity (Wildman–Crippen MR) is 79.6 cm³/mol. The number of carboxylic acids is 1. The first kappa shape index (κ1) is 15.0. The van der Waals surface area contributed by atoms with Gasteiger partial charge in [-0.15, -0.1) is 0 Å². The van der Waals surface area contributed by atoms with Gasteiger partial charge in [0, 0.05) is 16.6 Å². The lowest BCUT2D eigenvalue weighted by atomic mass is 9.88. The van der Waals surface area contributed by atoms with Crippen LogP contribution in [0, 0.1) is 5.92 Å². The number of likely N-dealkylation sites (tertiary alicyclic amines) is 1. The van der Waals surface area contributed by atoms with Crippen molar-refractivity contribution >= 4 is 27.8 Å². The number of carbonyl (C=O) groups excluding carboxylic acids is 1. The minimum atomic E-state index is -0.909. The van der Waals surface area contributed by atoms with Gasteiger partial charge < -0.3 is 10.0 Å². The van der Waals surface area contributed by atoms with Gasteiger partial charge >= 0.3 is 5.97 Å². The van der Waals surface area contributed by atoms with Crippen molar-refractivity contribution in [3.63, 3.8) is 0 Å². The summed E-state index contributed by atoms with van der Waals surface area (Å²) in [6, 6.07) is 6.32. The van der Waals surface area contributed by atoms with Crippen LogP contribution in [-0.4, -0.2) is 34.5 Å². The number of carbonyl (C=O) groups is 2. The standard InChI is InChI=1S/C15H18BrNO3/c1-2-10-7-8-17(13(9-10)15(19)20)14(18)11-3-5-12(16)6-4-11/h3-6,10,13H,2,7-9H2,1H3,(H,19,20). The number of rotatable bonds is 3. The fourth-order valence-electron chi connectivity index (χ4n) is 2.64. The van der Waals surface area contributed by atoms with Crippen molar-refractivity contribution in [2.75, 3.05) is 6.54 Å². The Bertz CT molecular complexity index is 500. The van der Waals surface area contributed by atoms with E-state index in [1.165, 1.54) is 4.90 Å². The van der Waals surface area contributed by atoms with Crippen LogP contribution in [0.3, 0.4) is 0 Å². The zero-order chi connectivity index (χ0) is 14.7. The van der Waals surface area contributed by atoms with Crippen LogP contribution in [0.1, 0.15) is 36.5 Å². The number of hydrogen-bond donors (Lipinski definition) is 1. The molecule has 4 nitrogen and oxygen atoms in total. The first-order chi connectivity index (χ1) is 9.52. The lowest BCUT2D eigenvalue weighted by Gasteiger charge is -2.37. The van der Waals surface area contributed by atoms with Crippen LogP contribution in [-0.2, 0) is 4.79 Å². The molecule has 20 heavy (non-hydrogen) atoms. The largest absolute Gasteiger partial charge is 0.480 e. The Morgan fingerprint density at radius 2 is 2.00 bits per heavy atom. The van der Waals surface area contributed by atoms with Crippen molar-refractivity contribution in [1.29, 1.82) is 0 Å². The molecule has 108 valence electrons. The molecule has 5 heteroatoms. The molecule has 1 aliphatic rings. The Morgan fingerprint density at radius 1 is 1.35 bits per heavy atom. The predicted octanol–water partition coefficient (Wildman–Crippen LogP) is 3.16. The number of carboxylic acid groups (broad SMARTS) is 1. The third kappa shape index (κ3) is 3.20. The molecule has 1 heterocycles.